The summed E-state index contributed by atoms with van der Waals surface area (Å²) in [6.45, 7) is 1.83. The number of benzene rings is 1. The summed E-state index contributed by atoms with van der Waals surface area (Å²) >= 11 is 0. The minimum Gasteiger partial charge on any atom is -0.478 e. The van der Waals surface area contributed by atoms with Crippen LogP contribution in [0.5, 0.6) is 0 Å². The monoisotopic (exact) mass is 313 g/mol. The second-order valence-corrected chi connectivity index (χ2v) is 6.84. The fraction of sp³-hybridized carbons (Fsp3) is 0.500. The van der Waals surface area contributed by atoms with Gasteiger partial charge in [-0.1, -0.05) is 13.0 Å². The number of carboxylic acid groups (broad SMARTS) is 1. The molecule has 2 N–H and O–H groups in total. The Hall–Kier alpha value is -1.44. The number of sulfonamides is 1. The van der Waals surface area contributed by atoms with E-state index in [4.69, 9.17) is 9.84 Å². The first-order valence-electron chi connectivity index (χ1n) is 6.78. The standard InChI is InChI=1S/C14H19NO5S/c1-3-9-4-5-12(8-13(9)14(16)17)21(18,19)15-10-6-11(7-10)20-2/h4-5,8,10-11,15H,3,6-7H2,1-2H3,(H,16,17). The van der Waals surface area contributed by atoms with Gasteiger partial charge in [-0.2, -0.15) is 0 Å². The van der Waals surface area contributed by atoms with E-state index in [2.05, 4.69) is 4.72 Å². The van der Waals surface area contributed by atoms with Crippen LogP contribution in [-0.4, -0.2) is 38.7 Å². The van der Waals surface area contributed by atoms with E-state index in [0.717, 1.165) is 0 Å². The average molecular weight is 313 g/mol. The van der Waals surface area contributed by atoms with Crippen molar-refractivity contribution >= 4 is 16.0 Å². The zero-order valence-corrected chi connectivity index (χ0v) is 12.8. The molecule has 7 heteroatoms. The molecule has 1 aliphatic carbocycles. The number of carboxylic acids is 1. The molecule has 0 unspecified atom stereocenters. The smallest absolute Gasteiger partial charge is 0.336 e. The van der Waals surface area contributed by atoms with Crippen molar-refractivity contribution in [1.82, 2.24) is 4.72 Å². The maximum Gasteiger partial charge on any atom is 0.336 e. The molecule has 0 aliphatic heterocycles. The highest BCUT2D eigenvalue weighted by Crippen LogP contribution is 2.25. The van der Waals surface area contributed by atoms with Crippen LogP contribution in [-0.2, 0) is 21.2 Å². The van der Waals surface area contributed by atoms with Crippen molar-refractivity contribution in [3.8, 4) is 0 Å². The van der Waals surface area contributed by atoms with Gasteiger partial charge in [-0.15, -0.1) is 0 Å². The first-order chi connectivity index (χ1) is 9.87. The maximum atomic E-state index is 12.3. The number of ether oxygens (including phenoxy) is 1. The highest BCUT2D eigenvalue weighted by molar-refractivity contribution is 7.89. The number of methoxy groups -OCH3 is 1. The molecule has 1 aromatic rings. The summed E-state index contributed by atoms with van der Waals surface area (Å²) in [4.78, 5) is 11.2. The van der Waals surface area contributed by atoms with Crippen molar-refractivity contribution in [2.45, 2.75) is 43.2 Å². The lowest BCUT2D eigenvalue weighted by Crippen LogP contribution is -2.47. The quantitative estimate of drug-likeness (QED) is 0.828. The molecular weight excluding hydrogens is 294 g/mol. The summed E-state index contributed by atoms with van der Waals surface area (Å²) in [5.74, 6) is -1.12. The van der Waals surface area contributed by atoms with Gasteiger partial charge in [-0.25, -0.2) is 17.9 Å². The van der Waals surface area contributed by atoms with Crippen LogP contribution in [0.15, 0.2) is 23.1 Å². The van der Waals surface area contributed by atoms with Crippen LogP contribution >= 0.6 is 0 Å². The topological polar surface area (TPSA) is 92.7 Å². The third-order valence-corrected chi connectivity index (χ3v) is 5.27. The summed E-state index contributed by atoms with van der Waals surface area (Å²) in [5.41, 5.74) is 0.647. The third kappa shape index (κ3) is 3.42. The van der Waals surface area contributed by atoms with Crippen LogP contribution in [0.4, 0.5) is 0 Å². The average Bonchev–Trinajstić information content (AvgIpc) is 2.41. The molecule has 116 valence electrons. The summed E-state index contributed by atoms with van der Waals surface area (Å²) in [5, 5.41) is 9.16. The van der Waals surface area contributed by atoms with Gasteiger partial charge in [0.05, 0.1) is 16.6 Å². The van der Waals surface area contributed by atoms with Gasteiger partial charge in [-0.05, 0) is 37.0 Å². The van der Waals surface area contributed by atoms with E-state index < -0.39 is 16.0 Å². The maximum absolute atomic E-state index is 12.3. The molecule has 0 atom stereocenters. The van der Waals surface area contributed by atoms with Crippen molar-refractivity contribution in [2.75, 3.05) is 7.11 Å². The Bertz CT molecular complexity index is 635. The molecule has 0 aromatic heterocycles. The molecule has 2 rings (SSSR count). The number of aromatic carboxylic acids is 1. The normalized spacial score (nSPS) is 21.8. The lowest BCUT2D eigenvalue weighted by molar-refractivity contribution is 0.0236. The predicted octanol–water partition coefficient (Wildman–Crippen LogP) is 1.40. The van der Waals surface area contributed by atoms with Gasteiger partial charge in [-0.3, -0.25) is 0 Å². The summed E-state index contributed by atoms with van der Waals surface area (Å²) in [6, 6.07) is 4.06. The second kappa shape index (κ2) is 6.13. The fourth-order valence-electron chi connectivity index (χ4n) is 2.37. The van der Waals surface area contributed by atoms with Gasteiger partial charge >= 0.3 is 5.97 Å². The van der Waals surface area contributed by atoms with Crippen LogP contribution in [0.25, 0.3) is 0 Å². The number of rotatable bonds is 6. The molecule has 1 aromatic carbocycles. The van der Waals surface area contributed by atoms with E-state index >= 15 is 0 Å². The number of hydrogen-bond acceptors (Lipinski definition) is 4. The first-order valence-corrected chi connectivity index (χ1v) is 8.27. The van der Waals surface area contributed by atoms with Gasteiger partial charge in [0.1, 0.15) is 0 Å². The molecule has 0 amide bonds. The van der Waals surface area contributed by atoms with Crippen LogP contribution in [0.3, 0.4) is 0 Å². The Kier molecular flexibility index (Phi) is 4.65. The highest BCUT2D eigenvalue weighted by Gasteiger charge is 2.33. The SMILES string of the molecule is CCc1ccc(S(=O)(=O)NC2CC(OC)C2)cc1C(=O)O. The highest BCUT2D eigenvalue weighted by atomic mass is 32.2. The van der Waals surface area contributed by atoms with Crippen LogP contribution < -0.4 is 4.72 Å². The zero-order valence-electron chi connectivity index (χ0n) is 12.0. The molecule has 0 radical (unpaired) electrons. The molecule has 6 nitrogen and oxygen atoms in total. The Morgan fingerprint density at radius 1 is 1.43 bits per heavy atom. The third-order valence-electron chi connectivity index (χ3n) is 3.75. The molecule has 0 bridgehead atoms. The van der Waals surface area contributed by atoms with E-state index in [1.807, 2.05) is 6.92 Å². The molecule has 1 aliphatic rings. The largest absolute Gasteiger partial charge is 0.478 e. The Labute approximate surface area is 124 Å². The fourth-order valence-corrected chi connectivity index (χ4v) is 3.66. The van der Waals surface area contributed by atoms with Gasteiger partial charge < -0.3 is 9.84 Å². The van der Waals surface area contributed by atoms with Crippen molar-refractivity contribution < 1.29 is 23.1 Å². The molecule has 1 saturated carbocycles. The molecule has 0 saturated heterocycles. The summed E-state index contributed by atoms with van der Waals surface area (Å²) < 4.78 is 32.2. The van der Waals surface area contributed by atoms with E-state index in [1.54, 1.807) is 13.2 Å². The molecule has 0 heterocycles. The molecular formula is C14H19NO5S. The van der Waals surface area contributed by atoms with Crippen molar-refractivity contribution in [1.29, 1.82) is 0 Å². The van der Waals surface area contributed by atoms with Crippen molar-refractivity contribution in [2.24, 2.45) is 0 Å². The summed E-state index contributed by atoms with van der Waals surface area (Å²) in [6.07, 6.45) is 1.89. The Morgan fingerprint density at radius 2 is 2.10 bits per heavy atom. The Morgan fingerprint density at radius 3 is 2.62 bits per heavy atom. The lowest BCUT2D eigenvalue weighted by Gasteiger charge is -2.34. The van der Waals surface area contributed by atoms with Crippen LogP contribution in [0.2, 0.25) is 0 Å². The predicted molar refractivity (Wildman–Crippen MR) is 76.9 cm³/mol. The van der Waals surface area contributed by atoms with Gasteiger partial charge in [0.25, 0.3) is 0 Å². The van der Waals surface area contributed by atoms with Crippen LogP contribution in [0, 0.1) is 0 Å². The number of carbonyl (C=O) groups is 1. The van der Waals surface area contributed by atoms with Crippen molar-refractivity contribution in [3.63, 3.8) is 0 Å². The number of hydrogen-bond donors (Lipinski definition) is 2. The van der Waals surface area contributed by atoms with E-state index in [9.17, 15) is 13.2 Å². The van der Waals surface area contributed by atoms with E-state index in [1.165, 1.54) is 12.1 Å². The van der Waals surface area contributed by atoms with E-state index in [-0.39, 0.29) is 22.6 Å². The van der Waals surface area contributed by atoms with Gasteiger partial charge in [0.15, 0.2) is 0 Å². The Balaban J connectivity index is 2.20. The van der Waals surface area contributed by atoms with Crippen LogP contribution in [0.1, 0.15) is 35.7 Å². The second-order valence-electron chi connectivity index (χ2n) is 5.12. The molecule has 21 heavy (non-hydrogen) atoms. The first kappa shape index (κ1) is 15.9. The summed E-state index contributed by atoms with van der Waals surface area (Å²) in [7, 11) is -2.11. The van der Waals surface area contributed by atoms with Gasteiger partial charge in [0, 0.05) is 13.2 Å². The van der Waals surface area contributed by atoms with E-state index in [0.29, 0.717) is 24.8 Å². The zero-order chi connectivity index (χ0) is 15.6. The molecule has 0 spiro atoms. The minimum absolute atomic E-state index is 0.0158. The number of aryl methyl sites for hydroxylation is 1. The van der Waals surface area contributed by atoms with Crippen molar-refractivity contribution in [3.05, 3.63) is 29.3 Å². The minimum atomic E-state index is -3.70. The molecule has 1 fully saturated rings. The number of nitrogens with one attached hydrogen (secondary N) is 1. The van der Waals surface area contributed by atoms with Gasteiger partial charge in [0.2, 0.25) is 10.0 Å². The lowest BCUT2D eigenvalue weighted by atomic mass is 9.90.